The van der Waals surface area contributed by atoms with E-state index in [4.69, 9.17) is 23.2 Å². The van der Waals surface area contributed by atoms with Crippen molar-refractivity contribution < 1.29 is 0 Å². The van der Waals surface area contributed by atoms with Gasteiger partial charge in [-0.25, -0.2) is 9.97 Å². The Bertz CT molecular complexity index is 879. The lowest BCUT2D eigenvalue weighted by Gasteiger charge is -2.34. The van der Waals surface area contributed by atoms with E-state index in [-0.39, 0.29) is 0 Å². The predicted molar refractivity (Wildman–Crippen MR) is 101 cm³/mol. The van der Waals surface area contributed by atoms with Gasteiger partial charge in [0.15, 0.2) is 0 Å². The Morgan fingerprint density at radius 1 is 0.920 bits per heavy atom. The van der Waals surface area contributed by atoms with Crippen LogP contribution in [0.4, 0.5) is 5.95 Å². The van der Waals surface area contributed by atoms with Crippen molar-refractivity contribution in [2.45, 2.75) is 6.54 Å². The lowest BCUT2D eigenvalue weighted by Crippen LogP contribution is -2.46. The summed E-state index contributed by atoms with van der Waals surface area (Å²) >= 11 is 13.0. The second-order valence-electron chi connectivity index (χ2n) is 6.04. The molecule has 1 fully saturated rings. The van der Waals surface area contributed by atoms with Crippen LogP contribution in [-0.2, 0) is 6.54 Å². The van der Waals surface area contributed by atoms with Crippen molar-refractivity contribution in [1.82, 2.24) is 19.9 Å². The molecule has 3 aromatic rings. The monoisotopic (exact) mass is 373 g/mol. The number of piperazine rings is 1. The highest BCUT2D eigenvalue weighted by Crippen LogP contribution is 2.32. The third-order valence-corrected chi connectivity index (χ3v) is 5.19. The summed E-state index contributed by atoms with van der Waals surface area (Å²) in [4.78, 5) is 17.6. The molecule has 5 nitrogen and oxygen atoms in total. The SMILES string of the molecule is Clc1cc(CN2CCN(c3ncccn3)CC2)c(Cl)c2ncccc12. The Balaban J connectivity index is 1.49. The van der Waals surface area contributed by atoms with Crippen molar-refractivity contribution in [3.05, 3.63) is 58.5 Å². The summed E-state index contributed by atoms with van der Waals surface area (Å²) in [6.07, 6.45) is 5.30. The van der Waals surface area contributed by atoms with E-state index in [1.807, 2.05) is 24.3 Å². The number of hydrogen-bond acceptors (Lipinski definition) is 5. The van der Waals surface area contributed by atoms with Gasteiger partial charge in [-0.3, -0.25) is 9.88 Å². The zero-order valence-electron chi connectivity index (χ0n) is 13.6. The first kappa shape index (κ1) is 16.5. The van der Waals surface area contributed by atoms with Gasteiger partial charge in [0, 0.05) is 56.7 Å². The largest absolute Gasteiger partial charge is 0.338 e. The number of anilines is 1. The van der Waals surface area contributed by atoms with Crippen LogP contribution in [0.15, 0.2) is 42.9 Å². The van der Waals surface area contributed by atoms with Crippen LogP contribution in [0.1, 0.15) is 5.56 Å². The Labute approximate surface area is 156 Å². The minimum atomic E-state index is 0.689. The van der Waals surface area contributed by atoms with E-state index in [2.05, 4.69) is 24.8 Å². The van der Waals surface area contributed by atoms with Gasteiger partial charge in [0.1, 0.15) is 0 Å². The van der Waals surface area contributed by atoms with E-state index in [9.17, 15) is 0 Å². The number of aromatic nitrogens is 3. The Morgan fingerprint density at radius 2 is 1.64 bits per heavy atom. The molecule has 0 bridgehead atoms. The zero-order chi connectivity index (χ0) is 17.2. The van der Waals surface area contributed by atoms with Gasteiger partial charge in [0.25, 0.3) is 0 Å². The minimum absolute atomic E-state index is 0.689. The second kappa shape index (κ2) is 7.12. The fourth-order valence-electron chi connectivity index (χ4n) is 3.14. The first-order valence-electron chi connectivity index (χ1n) is 8.18. The van der Waals surface area contributed by atoms with Crippen molar-refractivity contribution in [1.29, 1.82) is 0 Å². The maximum atomic E-state index is 6.58. The van der Waals surface area contributed by atoms with Gasteiger partial charge >= 0.3 is 0 Å². The molecule has 0 spiro atoms. The molecule has 128 valence electrons. The molecule has 1 aliphatic rings. The van der Waals surface area contributed by atoms with Crippen LogP contribution in [-0.4, -0.2) is 46.0 Å². The van der Waals surface area contributed by atoms with Gasteiger partial charge in [-0.2, -0.15) is 0 Å². The summed E-state index contributed by atoms with van der Waals surface area (Å²) in [5, 5.41) is 2.27. The highest BCUT2D eigenvalue weighted by molar-refractivity contribution is 6.40. The maximum absolute atomic E-state index is 6.58. The summed E-state index contributed by atoms with van der Waals surface area (Å²) < 4.78 is 0. The number of hydrogen-bond donors (Lipinski definition) is 0. The van der Waals surface area contributed by atoms with E-state index in [0.717, 1.165) is 55.1 Å². The van der Waals surface area contributed by atoms with Gasteiger partial charge in [-0.15, -0.1) is 0 Å². The number of benzene rings is 1. The van der Waals surface area contributed by atoms with E-state index < -0.39 is 0 Å². The average Bonchev–Trinajstić information content (AvgIpc) is 2.67. The van der Waals surface area contributed by atoms with E-state index in [0.29, 0.717) is 10.0 Å². The summed E-state index contributed by atoms with van der Waals surface area (Å²) in [5.41, 5.74) is 1.78. The molecule has 0 radical (unpaired) electrons. The highest BCUT2D eigenvalue weighted by atomic mass is 35.5. The minimum Gasteiger partial charge on any atom is -0.338 e. The van der Waals surface area contributed by atoms with Crippen molar-refractivity contribution >= 4 is 40.1 Å². The molecule has 0 N–H and O–H groups in total. The first-order chi connectivity index (χ1) is 12.2. The molecule has 4 rings (SSSR count). The standard InChI is InChI=1S/C18H17Cl2N5/c19-15-11-13(16(20)17-14(15)3-1-4-21-17)12-24-7-9-25(10-8-24)18-22-5-2-6-23-18/h1-6,11H,7-10,12H2. The fraction of sp³-hybridized carbons (Fsp3) is 0.278. The summed E-state index contributed by atoms with van der Waals surface area (Å²) in [5.74, 6) is 0.790. The van der Waals surface area contributed by atoms with E-state index in [1.54, 1.807) is 18.6 Å². The number of pyridine rings is 1. The van der Waals surface area contributed by atoms with Crippen LogP contribution in [0.2, 0.25) is 10.0 Å². The van der Waals surface area contributed by atoms with Crippen LogP contribution in [0.25, 0.3) is 10.9 Å². The molecule has 1 saturated heterocycles. The average molecular weight is 374 g/mol. The highest BCUT2D eigenvalue weighted by Gasteiger charge is 2.20. The van der Waals surface area contributed by atoms with Crippen molar-refractivity contribution in [3.8, 4) is 0 Å². The quantitative estimate of drug-likeness (QED) is 0.700. The molecule has 2 aromatic heterocycles. The fourth-order valence-corrected chi connectivity index (χ4v) is 3.68. The summed E-state index contributed by atoms with van der Waals surface area (Å²) in [6, 6.07) is 7.61. The normalized spacial score (nSPS) is 15.7. The molecule has 1 aliphatic heterocycles. The van der Waals surface area contributed by atoms with Crippen molar-refractivity contribution in [3.63, 3.8) is 0 Å². The lowest BCUT2D eigenvalue weighted by atomic mass is 10.1. The molecule has 0 saturated carbocycles. The Morgan fingerprint density at radius 3 is 2.40 bits per heavy atom. The van der Waals surface area contributed by atoms with Gasteiger partial charge < -0.3 is 4.90 Å². The summed E-state index contributed by atoms with van der Waals surface area (Å²) in [6.45, 7) is 4.38. The van der Waals surface area contributed by atoms with Crippen LogP contribution >= 0.6 is 23.2 Å². The van der Waals surface area contributed by atoms with Gasteiger partial charge in [-0.1, -0.05) is 23.2 Å². The Hall–Kier alpha value is -1.95. The van der Waals surface area contributed by atoms with E-state index >= 15 is 0 Å². The van der Waals surface area contributed by atoms with Gasteiger partial charge in [0.05, 0.1) is 15.6 Å². The molecule has 0 unspecified atom stereocenters. The molecule has 25 heavy (non-hydrogen) atoms. The molecule has 1 aromatic carbocycles. The van der Waals surface area contributed by atoms with Crippen LogP contribution in [0, 0.1) is 0 Å². The molecule has 0 atom stereocenters. The predicted octanol–water partition coefficient (Wildman–Crippen LogP) is 3.65. The lowest BCUT2D eigenvalue weighted by molar-refractivity contribution is 0.249. The molecule has 0 amide bonds. The van der Waals surface area contributed by atoms with Crippen LogP contribution in [0.5, 0.6) is 0 Å². The molecule has 0 aliphatic carbocycles. The van der Waals surface area contributed by atoms with Gasteiger partial charge in [-0.05, 0) is 29.8 Å². The van der Waals surface area contributed by atoms with Gasteiger partial charge in [0.2, 0.25) is 5.95 Å². The smallest absolute Gasteiger partial charge is 0.225 e. The molecular formula is C18H17Cl2N5. The molecule has 7 heteroatoms. The van der Waals surface area contributed by atoms with Crippen LogP contribution < -0.4 is 4.90 Å². The zero-order valence-corrected chi connectivity index (χ0v) is 15.1. The molecular weight excluding hydrogens is 357 g/mol. The third kappa shape index (κ3) is 3.40. The van der Waals surface area contributed by atoms with E-state index in [1.165, 1.54) is 0 Å². The van der Waals surface area contributed by atoms with Crippen LogP contribution in [0.3, 0.4) is 0 Å². The number of nitrogens with zero attached hydrogens (tertiary/aromatic N) is 5. The molecule has 3 heterocycles. The first-order valence-corrected chi connectivity index (χ1v) is 8.94. The second-order valence-corrected chi connectivity index (χ2v) is 6.83. The van der Waals surface area contributed by atoms with Crippen molar-refractivity contribution in [2.24, 2.45) is 0 Å². The Kier molecular flexibility index (Phi) is 4.70. The topological polar surface area (TPSA) is 45.2 Å². The van der Waals surface area contributed by atoms with Crippen molar-refractivity contribution in [2.75, 3.05) is 31.1 Å². The number of fused-ring (bicyclic) bond motifs is 1. The maximum Gasteiger partial charge on any atom is 0.225 e. The number of halogens is 2. The third-order valence-electron chi connectivity index (χ3n) is 4.46. The number of rotatable bonds is 3. The summed E-state index contributed by atoms with van der Waals surface area (Å²) in [7, 11) is 0.